The molecule has 1 amide bonds. The number of hydrogen-bond donors (Lipinski definition) is 0. The zero-order valence-electron chi connectivity index (χ0n) is 9.83. The van der Waals surface area contributed by atoms with Gasteiger partial charge in [-0.1, -0.05) is 0 Å². The van der Waals surface area contributed by atoms with Crippen LogP contribution in [0.2, 0.25) is 0 Å². The summed E-state index contributed by atoms with van der Waals surface area (Å²) in [7, 11) is 0. The zero-order valence-corrected chi connectivity index (χ0v) is 9.83. The van der Waals surface area contributed by atoms with Crippen LogP contribution in [0.3, 0.4) is 0 Å². The number of ether oxygens (including phenoxy) is 3. The van der Waals surface area contributed by atoms with Crippen molar-refractivity contribution in [2.45, 2.75) is 46.2 Å². The molecule has 0 aromatic heterocycles. The van der Waals surface area contributed by atoms with Crippen molar-refractivity contribution in [3.63, 3.8) is 0 Å². The van der Waals surface area contributed by atoms with E-state index in [9.17, 15) is 4.79 Å². The molecule has 0 spiro atoms. The van der Waals surface area contributed by atoms with Crippen LogP contribution < -0.4 is 5.73 Å². The molecule has 0 saturated heterocycles. The highest BCUT2D eigenvalue weighted by Crippen LogP contribution is 2.22. The maximum Gasteiger partial charge on any atom is 0.292 e. The smallest absolute Gasteiger partial charge is 0.292 e. The fourth-order valence-electron chi connectivity index (χ4n) is 1.25. The number of carbonyl (C=O) groups is 1. The van der Waals surface area contributed by atoms with Crippen molar-refractivity contribution in [2.75, 3.05) is 13.2 Å². The van der Waals surface area contributed by atoms with Gasteiger partial charge in [-0.25, -0.2) is 0 Å². The van der Waals surface area contributed by atoms with E-state index in [1.54, 1.807) is 13.8 Å². The molecule has 1 radical (unpaired) electrons. The van der Waals surface area contributed by atoms with Gasteiger partial charge in [-0.2, -0.15) is 0 Å². The van der Waals surface area contributed by atoms with E-state index in [-0.39, 0.29) is 12.5 Å². The average molecular weight is 218 g/mol. The first-order valence-corrected chi connectivity index (χ1v) is 5.16. The van der Waals surface area contributed by atoms with Crippen LogP contribution in [0.5, 0.6) is 0 Å². The molecule has 0 atom stereocenters. The van der Waals surface area contributed by atoms with E-state index in [0.717, 1.165) is 0 Å². The van der Waals surface area contributed by atoms with Gasteiger partial charge in [0.25, 0.3) is 5.97 Å². The molecule has 0 aliphatic rings. The summed E-state index contributed by atoms with van der Waals surface area (Å²) in [6, 6.07) is 0. The van der Waals surface area contributed by atoms with Crippen LogP contribution in [-0.4, -0.2) is 31.2 Å². The van der Waals surface area contributed by atoms with Crippen LogP contribution in [0.1, 0.15) is 34.1 Å². The van der Waals surface area contributed by atoms with Crippen LogP contribution in [0.4, 0.5) is 0 Å². The molecular formula is C10H20NO4. The monoisotopic (exact) mass is 218 g/mol. The topological polar surface area (TPSA) is 68.6 Å². The Balaban J connectivity index is 4.62. The third kappa shape index (κ3) is 5.71. The Morgan fingerprint density at radius 2 is 1.73 bits per heavy atom. The number of nitrogens with one attached hydrogen (secondary N) is 1. The lowest BCUT2D eigenvalue weighted by Crippen LogP contribution is -2.43. The van der Waals surface area contributed by atoms with Crippen molar-refractivity contribution in [1.82, 2.24) is 5.73 Å². The van der Waals surface area contributed by atoms with Crippen molar-refractivity contribution in [2.24, 2.45) is 0 Å². The summed E-state index contributed by atoms with van der Waals surface area (Å²) in [6.07, 6.45) is -0.352. The predicted octanol–water partition coefficient (Wildman–Crippen LogP) is 1.34. The van der Waals surface area contributed by atoms with Gasteiger partial charge >= 0.3 is 0 Å². The Labute approximate surface area is 90.9 Å². The fourth-order valence-corrected chi connectivity index (χ4v) is 1.25. The number of amides is 1. The van der Waals surface area contributed by atoms with Crippen LogP contribution in [0, 0.1) is 0 Å². The fraction of sp³-hybridized carbons (Fsp3) is 0.900. The zero-order chi connectivity index (χ0) is 11.9. The van der Waals surface area contributed by atoms with E-state index in [1.165, 1.54) is 0 Å². The molecule has 5 nitrogen and oxygen atoms in total. The van der Waals surface area contributed by atoms with Gasteiger partial charge < -0.3 is 14.2 Å². The Morgan fingerprint density at radius 1 is 1.27 bits per heavy atom. The number of carbonyl (C=O) groups excluding carboxylic acids is 1. The van der Waals surface area contributed by atoms with Crippen LogP contribution >= 0.6 is 0 Å². The molecule has 0 bridgehead atoms. The Kier molecular flexibility index (Phi) is 6.47. The Bertz CT molecular complexity index is 188. The van der Waals surface area contributed by atoms with E-state index in [2.05, 4.69) is 0 Å². The van der Waals surface area contributed by atoms with Crippen molar-refractivity contribution < 1.29 is 19.0 Å². The lowest BCUT2D eigenvalue weighted by atomic mass is 10.3. The first kappa shape index (κ1) is 14.3. The average Bonchev–Trinajstić information content (AvgIpc) is 2.01. The summed E-state index contributed by atoms with van der Waals surface area (Å²) in [6.45, 7) is 7.93. The molecule has 5 heteroatoms. The van der Waals surface area contributed by atoms with Crippen LogP contribution in [-0.2, 0) is 19.0 Å². The van der Waals surface area contributed by atoms with E-state index in [1.807, 2.05) is 13.8 Å². The van der Waals surface area contributed by atoms with Gasteiger partial charge in [0.1, 0.15) is 6.42 Å². The highest BCUT2D eigenvalue weighted by molar-refractivity contribution is 5.73. The Morgan fingerprint density at radius 3 is 2.00 bits per heavy atom. The molecule has 0 fully saturated rings. The molecule has 15 heavy (non-hydrogen) atoms. The third-order valence-corrected chi connectivity index (χ3v) is 1.52. The highest BCUT2D eigenvalue weighted by atomic mass is 16.9. The maximum absolute atomic E-state index is 10.8. The summed E-state index contributed by atoms with van der Waals surface area (Å²) in [4.78, 5) is 10.8. The van der Waals surface area contributed by atoms with E-state index in [0.29, 0.717) is 13.2 Å². The van der Waals surface area contributed by atoms with Crippen molar-refractivity contribution in [3.8, 4) is 0 Å². The van der Waals surface area contributed by atoms with Crippen molar-refractivity contribution >= 4 is 5.91 Å². The predicted molar refractivity (Wildman–Crippen MR) is 54.9 cm³/mol. The number of rotatable bonds is 8. The summed E-state index contributed by atoms with van der Waals surface area (Å²) in [5.41, 5.74) is 6.96. The molecule has 0 unspecified atom stereocenters. The minimum absolute atomic E-state index is 0.137. The van der Waals surface area contributed by atoms with Gasteiger partial charge in [0.15, 0.2) is 0 Å². The largest absolute Gasteiger partial charge is 0.327 e. The lowest BCUT2D eigenvalue weighted by Gasteiger charge is -2.33. The number of hydrogen-bond acceptors (Lipinski definition) is 4. The van der Waals surface area contributed by atoms with Gasteiger partial charge in [-0.3, -0.25) is 10.5 Å². The quantitative estimate of drug-likeness (QED) is 0.576. The molecule has 0 aromatic carbocycles. The minimum Gasteiger partial charge on any atom is -0.327 e. The van der Waals surface area contributed by atoms with Gasteiger partial charge in [0.05, 0.1) is 6.10 Å². The molecule has 0 aliphatic heterocycles. The summed E-state index contributed by atoms with van der Waals surface area (Å²) in [5.74, 6) is -2.16. The summed E-state index contributed by atoms with van der Waals surface area (Å²) in [5, 5.41) is 0. The lowest BCUT2D eigenvalue weighted by molar-refractivity contribution is -0.386. The third-order valence-electron chi connectivity index (χ3n) is 1.52. The van der Waals surface area contributed by atoms with Gasteiger partial charge in [0.2, 0.25) is 5.91 Å². The first-order chi connectivity index (χ1) is 6.95. The van der Waals surface area contributed by atoms with E-state index in [4.69, 9.17) is 19.9 Å². The van der Waals surface area contributed by atoms with E-state index < -0.39 is 11.9 Å². The van der Waals surface area contributed by atoms with Gasteiger partial charge in [-0.05, 0) is 27.7 Å². The van der Waals surface area contributed by atoms with Crippen molar-refractivity contribution in [1.29, 1.82) is 0 Å². The second-order valence-electron chi connectivity index (χ2n) is 3.32. The molecule has 89 valence electrons. The SMILES string of the molecule is CCOC(CC([NH])=O)(OCC)OC(C)C. The van der Waals surface area contributed by atoms with E-state index >= 15 is 0 Å². The standard InChI is InChI=1S/C10H20NO4/c1-5-13-10(14-6-2,7-9(11)12)15-8(3)4/h8,11H,5-7H2,1-4H3. The normalized spacial score (nSPS) is 12.1. The van der Waals surface area contributed by atoms with Crippen LogP contribution in [0.15, 0.2) is 0 Å². The molecule has 1 N–H and O–H groups in total. The minimum atomic E-state index is -1.39. The second-order valence-corrected chi connectivity index (χ2v) is 3.32. The van der Waals surface area contributed by atoms with Gasteiger partial charge in [-0.15, -0.1) is 0 Å². The summed E-state index contributed by atoms with van der Waals surface area (Å²) >= 11 is 0. The second kappa shape index (κ2) is 6.76. The molecule has 0 heterocycles. The molecule has 0 aromatic rings. The molecule has 0 rings (SSSR count). The van der Waals surface area contributed by atoms with Crippen molar-refractivity contribution in [3.05, 3.63) is 0 Å². The van der Waals surface area contributed by atoms with Crippen LogP contribution in [0.25, 0.3) is 0 Å². The molecular weight excluding hydrogens is 198 g/mol. The highest BCUT2D eigenvalue weighted by Gasteiger charge is 2.36. The Hall–Kier alpha value is -0.650. The maximum atomic E-state index is 10.8. The van der Waals surface area contributed by atoms with Gasteiger partial charge in [0, 0.05) is 13.2 Å². The molecule has 0 saturated carbocycles. The summed E-state index contributed by atoms with van der Waals surface area (Å²) < 4.78 is 16.1. The molecule has 0 aliphatic carbocycles. The first-order valence-electron chi connectivity index (χ1n) is 5.16.